The van der Waals surface area contributed by atoms with Gasteiger partial charge in [0, 0.05) is 6.04 Å². The summed E-state index contributed by atoms with van der Waals surface area (Å²) in [4.78, 5) is 0. The summed E-state index contributed by atoms with van der Waals surface area (Å²) in [6, 6.07) is 0.849. The van der Waals surface area contributed by atoms with Gasteiger partial charge < -0.3 is 11.1 Å². The van der Waals surface area contributed by atoms with Crippen LogP contribution in [0.1, 0.15) is 118 Å². The van der Waals surface area contributed by atoms with E-state index in [2.05, 4.69) is 19.2 Å². The molecule has 0 spiro atoms. The lowest BCUT2D eigenvalue weighted by atomic mass is 9.62. The average molecular weight is 367 g/mol. The Kier molecular flexibility index (Phi) is 12.9. The Morgan fingerprint density at radius 3 is 1.62 bits per heavy atom. The molecule has 0 saturated heterocycles. The van der Waals surface area contributed by atoms with Crippen LogP contribution in [0.2, 0.25) is 0 Å². The van der Waals surface area contributed by atoms with Crippen molar-refractivity contribution in [1.82, 2.24) is 5.32 Å². The van der Waals surface area contributed by atoms with Crippen molar-refractivity contribution < 1.29 is 0 Å². The summed E-state index contributed by atoms with van der Waals surface area (Å²) in [5.74, 6) is 1.86. The van der Waals surface area contributed by atoms with Crippen molar-refractivity contribution in [3.05, 3.63) is 0 Å². The van der Waals surface area contributed by atoms with Crippen LogP contribution in [0.15, 0.2) is 0 Å². The molecule has 0 atom stereocenters. The molecule has 0 heterocycles. The van der Waals surface area contributed by atoms with Crippen LogP contribution in [0.25, 0.3) is 0 Å². The summed E-state index contributed by atoms with van der Waals surface area (Å²) in [6.07, 6.45) is 20.1. The summed E-state index contributed by atoms with van der Waals surface area (Å²) in [6.45, 7) is 10.9. The fraction of sp³-hybridized carbons (Fsp3) is 1.00. The molecule has 3 fully saturated rings. The lowest BCUT2D eigenvalue weighted by Crippen LogP contribution is -2.49. The predicted molar refractivity (Wildman–Crippen MR) is 118 cm³/mol. The standard InChI is InChI=1S/C15H29N.C7H15N.C2H6/c1-3-15(4-2)10-14(11-15)16-12-13-8-6-5-7-9-13;8-6-7-4-2-1-3-5-7;1-2/h13-14,16H,3-12H2,1-2H3;7H,1-6,8H2;1-2H3. The maximum absolute atomic E-state index is 5.50. The van der Waals surface area contributed by atoms with Gasteiger partial charge in [-0.2, -0.15) is 0 Å². The number of rotatable bonds is 6. The second-order valence-corrected chi connectivity index (χ2v) is 8.96. The van der Waals surface area contributed by atoms with E-state index in [1.807, 2.05) is 13.8 Å². The zero-order valence-corrected chi connectivity index (χ0v) is 18.6. The summed E-state index contributed by atoms with van der Waals surface area (Å²) in [7, 11) is 0. The molecule has 0 aromatic carbocycles. The van der Waals surface area contributed by atoms with Gasteiger partial charge >= 0.3 is 0 Å². The highest BCUT2D eigenvalue weighted by atomic mass is 14.9. The second-order valence-electron chi connectivity index (χ2n) is 8.96. The van der Waals surface area contributed by atoms with Crippen LogP contribution in [-0.2, 0) is 0 Å². The first-order chi connectivity index (χ1) is 12.7. The first kappa shape index (κ1) is 24.0. The molecule has 156 valence electrons. The highest BCUT2D eigenvalue weighted by Crippen LogP contribution is 2.46. The van der Waals surface area contributed by atoms with Crippen LogP contribution in [0, 0.1) is 17.3 Å². The monoisotopic (exact) mass is 366 g/mol. The Bertz CT molecular complexity index is 304. The molecule has 0 amide bonds. The summed E-state index contributed by atoms with van der Waals surface area (Å²) in [5, 5.41) is 3.81. The third kappa shape index (κ3) is 8.30. The normalized spacial score (nSPS) is 23.9. The molecule has 2 nitrogen and oxygen atoms in total. The maximum atomic E-state index is 5.50. The van der Waals surface area contributed by atoms with Gasteiger partial charge in [-0.3, -0.25) is 0 Å². The van der Waals surface area contributed by atoms with Gasteiger partial charge in [0.15, 0.2) is 0 Å². The molecular formula is C24H50N2. The minimum atomic E-state index is 0.713. The highest BCUT2D eigenvalue weighted by molar-refractivity contribution is 4.96. The summed E-state index contributed by atoms with van der Waals surface area (Å²) >= 11 is 0. The quantitative estimate of drug-likeness (QED) is 0.550. The van der Waals surface area contributed by atoms with Gasteiger partial charge in [-0.25, -0.2) is 0 Å². The maximum Gasteiger partial charge on any atom is 0.00777 e. The van der Waals surface area contributed by atoms with Gasteiger partial charge in [-0.1, -0.05) is 79.1 Å². The van der Waals surface area contributed by atoms with Crippen LogP contribution >= 0.6 is 0 Å². The highest BCUT2D eigenvalue weighted by Gasteiger charge is 2.40. The average Bonchev–Trinajstić information content (AvgIpc) is 2.71. The van der Waals surface area contributed by atoms with Gasteiger partial charge in [-0.15, -0.1) is 0 Å². The Morgan fingerprint density at radius 1 is 0.769 bits per heavy atom. The van der Waals surface area contributed by atoms with Crippen molar-refractivity contribution in [2.24, 2.45) is 23.0 Å². The van der Waals surface area contributed by atoms with Crippen molar-refractivity contribution in [2.75, 3.05) is 13.1 Å². The van der Waals surface area contributed by atoms with E-state index in [9.17, 15) is 0 Å². The van der Waals surface area contributed by atoms with E-state index in [1.165, 1.54) is 96.4 Å². The summed E-state index contributed by atoms with van der Waals surface area (Å²) in [5.41, 5.74) is 6.22. The molecule has 0 aromatic heterocycles. The second kappa shape index (κ2) is 14.0. The predicted octanol–water partition coefficient (Wildman–Crippen LogP) is 6.68. The number of hydrogen-bond acceptors (Lipinski definition) is 2. The lowest BCUT2D eigenvalue weighted by molar-refractivity contribution is 0.0686. The minimum Gasteiger partial charge on any atom is -0.330 e. The van der Waals surface area contributed by atoms with Gasteiger partial charge in [0.2, 0.25) is 0 Å². The molecule has 26 heavy (non-hydrogen) atoms. The lowest BCUT2D eigenvalue weighted by Gasteiger charge is -2.48. The topological polar surface area (TPSA) is 38.0 Å². The number of nitrogens with two attached hydrogens (primary N) is 1. The Morgan fingerprint density at radius 2 is 1.23 bits per heavy atom. The van der Waals surface area contributed by atoms with Crippen LogP contribution in [0.5, 0.6) is 0 Å². The molecule has 3 aliphatic rings. The number of nitrogens with one attached hydrogen (secondary N) is 1. The molecule has 0 aromatic rings. The van der Waals surface area contributed by atoms with E-state index >= 15 is 0 Å². The van der Waals surface area contributed by atoms with E-state index in [4.69, 9.17) is 5.73 Å². The first-order valence-corrected chi connectivity index (χ1v) is 12.1. The third-order valence-electron chi connectivity index (χ3n) is 7.34. The minimum absolute atomic E-state index is 0.713. The SMILES string of the molecule is CC.CCC1(CC)CC(NCC2CCCCC2)C1.NCC1CCCCC1. The van der Waals surface area contributed by atoms with Gasteiger partial charge in [0.05, 0.1) is 0 Å². The zero-order valence-electron chi connectivity index (χ0n) is 18.6. The van der Waals surface area contributed by atoms with E-state index in [0.29, 0.717) is 5.41 Å². The molecule has 3 saturated carbocycles. The van der Waals surface area contributed by atoms with Gasteiger partial charge in [0.1, 0.15) is 0 Å². The van der Waals surface area contributed by atoms with Crippen LogP contribution in [0.3, 0.4) is 0 Å². The third-order valence-corrected chi connectivity index (χ3v) is 7.34. The van der Waals surface area contributed by atoms with E-state index in [0.717, 1.165) is 24.4 Å². The van der Waals surface area contributed by atoms with Crippen LogP contribution in [0.4, 0.5) is 0 Å². The molecule has 0 bridgehead atoms. The Balaban J connectivity index is 0.000000284. The molecule has 3 aliphatic carbocycles. The van der Waals surface area contributed by atoms with Gasteiger partial charge in [-0.05, 0) is 68.9 Å². The number of hydrogen-bond donors (Lipinski definition) is 2. The Labute approximate surface area is 165 Å². The van der Waals surface area contributed by atoms with Crippen LogP contribution in [-0.4, -0.2) is 19.1 Å². The molecule has 0 unspecified atom stereocenters. The van der Waals surface area contributed by atoms with Crippen molar-refractivity contribution >= 4 is 0 Å². The van der Waals surface area contributed by atoms with Crippen molar-refractivity contribution in [2.45, 2.75) is 124 Å². The van der Waals surface area contributed by atoms with Crippen molar-refractivity contribution in [1.29, 1.82) is 0 Å². The fourth-order valence-electron chi connectivity index (χ4n) is 5.10. The first-order valence-electron chi connectivity index (χ1n) is 12.1. The Hall–Kier alpha value is -0.0800. The smallest absolute Gasteiger partial charge is 0.00777 e. The zero-order chi connectivity index (χ0) is 19.3. The molecule has 0 radical (unpaired) electrons. The van der Waals surface area contributed by atoms with E-state index in [1.54, 1.807) is 0 Å². The molecular weight excluding hydrogens is 316 g/mol. The molecule has 0 aliphatic heterocycles. The van der Waals surface area contributed by atoms with E-state index < -0.39 is 0 Å². The molecule has 2 heteroatoms. The molecule has 3 N–H and O–H groups in total. The summed E-state index contributed by atoms with van der Waals surface area (Å²) < 4.78 is 0. The van der Waals surface area contributed by atoms with Crippen molar-refractivity contribution in [3.63, 3.8) is 0 Å². The molecule has 3 rings (SSSR count). The fourth-order valence-corrected chi connectivity index (χ4v) is 5.10. The van der Waals surface area contributed by atoms with E-state index in [-0.39, 0.29) is 0 Å². The largest absolute Gasteiger partial charge is 0.330 e. The van der Waals surface area contributed by atoms with Crippen molar-refractivity contribution in [3.8, 4) is 0 Å². The van der Waals surface area contributed by atoms with Gasteiger partial charge in [0.25, 0.3) is 0 Å². The van der Waals surface area contributed by atoms with Crippen LogP contribution < -0.4 is 11.1 Å².